The number of hydrogen-bond donors (Lipinski definition) is 0. The second-order valence-corrected chi connectivity index (χ2v) is 3.17. The molecule has 9 heavy (non-hydrogen) atoms. The Hall–Kier alpha value is 0.0200. The fraction of sp³-hybridized carbons (Fsp3) is 0.857. The van der Waals surface area contributed by atoms with Crippen molar-refractivity contribution in [1.82, 2.24) is 0 Å². The van der Waals surface area contributed by atoms with Gasteiger partial charge in [0.15, 0.2) is 0 Å². The molecule has 0 bridgehead atoms. The molecule has 1 nitrogen and oxygen atoms in total. The molecule has 0 aliphatic carbocycles. The lowest BCUT2D eigenvalue weighted by Gasteiger charge is -1.95. The maximum atomic E-state index is 4.42. The van der Waals surface area contributed by atoms with Gasteiger partial charge in [0.1, 0.15) is 0 Å². The number of aliphatic imine (C=N–C) groups is 1. The predicted molar refractivity (Wildman–Crippen MR) is 44.3 cm³/mol. The molecule has 0 aromatic rings. The van der Waals surface area contributed by atoms with Gasteiger partial charge in [-0.2, -0.15) is 0 Å². The molecule has 0 fully saturated rings. The predicted octanol–water partition coefficient (Wildman–Crippen LogP) is 2.32. The molecule has 0 N–H and O–H groups in total. The third kappa shape index (κ3) is 2.39. The van der Waals surface area contributed by atoms with E-state index < -0.39 is 0 Å². The van der Waals surface area contributed by atoms with Crippen LogP contribution in [-0.4, -0.2) is 17.8 Å². The second kappa shape index (κ2) is 3.94. The van der Waals surface area contributed by atoms with E-state index in [1.165, 1.54) is 30.7 Å². The Morgan fingerprint density at radius 3 is 3.00 bits per heavy atom. The van der Waals surface area contributed by atoms with Crippen LogP contribution in [0.5, 0.6) is 0 Å². The minimum Gasteiger partial charge on any atom is -0.283 e. The SMILES string of the molecule is CSC1=NCCCCC1. The van der Waals surface area contributed by atoms with Gasteiger partial charge in [-0.15, -0.1) is 11.8 Å². The minimum atomic E-state index is 1.07. The van der Waals surface area contributed by atoms with Gasteiger partial charge in [-0.25, -0.2) is 0 Å². The van der Waals surface area contributed by atoms with Crippen molar-refractivity contribution in [2.45, 2.75) is 25.7 Å². The first-order valence-electron chi connectivity index (χ1n) is 3.51. The van der Waals surface area contributed by atoms with E-state index in [9.17, 15) is 0 Å². The molecule has 1 rings (SSSR count). The van der Waals surface area contributed by atoms with Crippen LogP contribution >= 0.6 is 11.8 Å². The van der Waals surface area contributed by atoms with E-state index in [0.717, 1.165) is 6.54 Å². The van der Waals surface area contributed by atoms with Crippen molar-refractivity contribution < 1.29 is 0 Å². The zero-order valence-electron chi connectivity index (χ0n) is 5.89. The van der Waals surface area contributed by atoms with Gasteiger partial charge in [-0.05, 0) is 25.5 Å². The van der Waals surface area contributed by atoms with Crippen LogP contribution in [0, 0.1) is 0 Å². The van der Waals surface area contributed by atoms with Crippen molar-refractivity contribution >= 4 is 16.8 Å². The lowest BCUT2D eigenvalue weighted by atomic mass is 10.2. The standard InChI is InChI=1S/C7H13NS/c1-9-7-5-3-2-4-6-8-7/h2-6H2,1H3. The maximum Gasteiger partial charge on any atom is 0.0673 e. The first-order chi connectivity index (χ1) is 4.43. The number of nitrogens with zero attached hydrogens (tertiary/aromatic N) is 1. The molecule has 1 aliphatic rings. The molecule has 0 amide bonds. The number of thioether (sulfide) groups is 1. The molecule has 0 unspecified atom stereocenters. The Morgan fingerprint density at radius 1 is 1.33 bits per heavy atom. The zero-order chi connectivity index (χ0) is 6.53. The van der Waals surface area contributed by atoms with Crippen LogP contribution in [0.3, 0.4) is 0 Å². The largest absolute Gasteiger partial charge is 0.283 e. The maximum absolute atomic E-state index is 4.42. The average molecular weight is 143 g/mol. The summed E-state index contributed by atoms with van der Waals surface area (Å²) in [7, 11) is 0. The van der Waals surface area contributed by atoms with E-state index >= 15 is 0 Å². The van der Waals surface area contributed by atoms with Crippen LogP contribution in [0.1, 0.15) is 25.7 Å². The van der Waals surface area contributed by atoms with Crippen LogP contribution in [0.15, 0.2) is 4.99 Å². The van der Waals surface area contributed by atoms with Crippen LogP contribution in [0.2, 0.25) is 0 Å². The van der Waals surface area contributed by atoms with Gasteiger partial charge in [0.05, 0.1) is 5.04 Å². The van der Waals surface area contributed by atoms with Gasteiger partial charge < -0.3 is 0 Å². The number of rotatable bonds is 0. The molecule has 0 spiro atoms. The van der Waals surface area contributed by atoms with E-state index in [2.05, 4.69) is 11.2 Å². The lowest BCUT2D eigenvalue weighted by molar-refractivity contribution is 0.732. The van der Waals surface area contributed by atoms with E-state index in [1.54, 1.807) is 0 Å². The highest BCUT2D eigenvalue weighted by molar-refractivity contribution is 8.13. The van der Waals surface area contributed by atoms with E-state index in [1.807, 2.05) is 11.8 Å². The molecule has 1 heterocycles. The molecule has 52 valence electrons. The van der Waals surface area contributed by atoms with Crippen molar-refractivity contribution in [1.29, 1.82) is 0 Å². The van der Waals surface area contributed by atoms with Crippen molar-refractivity contribution in [2.24, 2.45) is 4.99 Å². The van der Waals surface area contributed by atoms with Gasteiger partial charge >= 0.3 is 0 Å². The van der Waals surface area contributed by atoms with E-state index in [0.29, 0.717) is 0 Å². The third-order valence-electron chi connectivity index (χ3n) is 1.57. The molecule has 0 atom stereocenters. The summed E-state index contributed by atoms with van der Waals surface area (Å²) in [5.41, 5.74) is 0. The Kier molecular flexibility index (Phi) is 3.12. The summed E-state index contributed by atoms with van der Waals surface area (Å²) < 4.78 is 0. The van der Waals surface area contributed by atoms with Crippen molar-refractivity contribution in [3.63, 3.8) is 0 Å². The van der Waals surface area contributed by atoms with Gasteiger partial charge in [-0.1, -0.05) is 6.42 Å². The summed E-state index contributed by atoms with van der Waals surface area (Å²) in [6.45, 7) is 1.07. The van der Waals surface area contributed by atoms with Crippen molar-refractivity contribution in [3.05, 3.63) is 0 Å². The normalized spacial score (nSPS) is 20.8. The van der Waals surface area contributed by atoms with Gasteiger partial charge in [0.2, 0.25) is 0 Å². The minimum absolute atomic E-state index is 1.07. The van der Waals surface area contributed by atoms with Crippen LogP contribution in [0.25, 0.3) is 0 Å². The highest BCUT2D eigenvalue weighted by atomic mass is 32.2. The summed E-state index contributed by atoms with van der Waals surface area (Å²) in [6, 6.07) is 0. The fourth-order valence-electron chi connectivity index (χ4n) is 1.01. The molecule has 0 radical (unpaired) electrons. The monoisotopic (exact) mass is 143 g/mol. The fourth-order valence-corrected chi connectivity index (χ4v) is 1.58. The van der Waals surface area contributed by atoms with Gasteiger partial charge in [0, 0.05) is 6.54 Å². The summed E-state index contributed by atoms with van der Waals surface area (Å²) in [6.07, 6.45) is 7.35. The van der Waals surface area contributed by atoms with E-state index in [-0.39, 0.29) is 0 Å². The van der Waals surface area contributed by atoms with Crippen molar-refractivity contribution in [3.8, 4) is 0 Å². The first kappa shape index (κ1) is 7.13. The van der Waals surface area contributed by atoms with Crippen molar-refractivity contribution in [2.75, 3.05) is 12.8 Å². The first-order valence-corrected chi connectivity index (χ1v) is 4.73. The number of hydrogen-bond acceptors (Lipinski definition) is 2. The lowest BCUT2D eigenvalue weighted by Crippen LogP contribution is -1.88. The molecule has 1 aliphatic heterocycles. The van der Waals surface area contributed by atoms with E-state index in [4.69, 9.17) is 0 Å². The molecule has 0 aromatic heterocycles. The smallest absolute Gasteiger partial charge is 0.0673 e. The Morgan fingerprint density at radius 2 is 2.22 bits per heavy atom. The summed E-state index contributed by atoms with van der Waals surface area (Å²) in [5.74, 6) is 0. The molecule has 2 heteroatoms. The Bertz CT molecular complexity index is 109. The average Bonchev–Trinajstić information content (AvgIpc) is 2.13. The Labute approximate surface area is 60.9 Å². The van der Waals surface area contributed by atoms with Crippen LogP contribution in [-0.2, 0) is 0 Å². The summed E-state index contributed by atoms with van der Waals surface area (Å²) in [5, 5.41) is 1.35. The topological polar surface area (TPSA) is 12.4 Å². The molecule has 0 saturated heterocycles. The zero-order valence-corrected chi connectivity index (χ0v) is 6.71. The highest BCUT2D eigenvalue weighted by Crippen LogP contribution is 2.13. The Balaban J connectivity index is 2.37. The van der Waals surface area contributed by atoms with Gasteiger partial charge in [-0.3, -0.25) is 4.99 Å². The quantitative estimate of drug-likeness (QED) is 0.507. The summed E-state index contributed by atoms with van der Waals surface area (Å²) >= 11 is 1.81. The highest BCUT2D eigenvalue weighted by Gasteiger charge is 2.00. The van der Waals surface area contributed by atoms with Crippen LogP contribution < -0.4 is 0 Å². The van der Waals surface area contributed by atoms with Gasteiger partial charge in [0.25, 0.3) is 0 Å². The second-order valence-electron chi connectivity index (χ2n) is 2.29. The summed E-state index contributed by atoms with van der Waals surface area (Å²) in [4.78, 5) is 4.42. The molecule has 0 saturated carbocycles. The molecular weight excluding hydrogens is 130 g/mol. The molecule has 0 aromatic carbocycles. The third-order valence-corrected chi connectivity index (χ3v) is 2.38. The molecular formula is C7H13NS. The van der Waals surface area contributed by atoms with Crippen LogP contribution in [0.4, 0.5) is 0 Å².